The minimum absolute atomic E-state index is 0.0938. The molecule has 45 heavy (non-hydrogen) atoms. The molecule has 234 valence electrons. The van der Waals surface area contributed by atoms with E-state index in [0.29, 0.717) is 34.2 Å². The molecule has 0 aliphatic heterocycles. The lowest BCUT2D eigenvalue weighted by Gasteiger charge is -2.15. The van der Waals surface area contributed by atoms with E-state index in [1.807, 2.05) is 32.1 Å². The number of anilines is 2. The van der Waals surface area contributed by atoms with Crippen molar-refractivity contribution in [3.05, 3.63) is 95.1 Å². The second-order valence-electron chi connectivity index (χ2n) is 9.87. The molecule has 0 unspecified atom stereocenters. The number of nitrogens with two attached hydrogens (primary N) is 1. The van der Waals surface area contributed by atoms with Gasteiger partial charge in [0.2, 0.25) is 0 Å². The quantitative estimate of drug-likeness (QED) is 0.0529. The Morgan fingerprint density at radius 2 is 1.27 bits per heavy atom. The Morgan fingerprint density at radius 3 is 1.84 bits per heavy atom. The van der Waals surface area contributed by atoms with E-state index in [0.717, 1.165) is 5.56 Å². The number of carbonyl (C=O) groups excluding carboxylic acids is 2. The second kappa shape index (κ2) is 14.7. The van der Waals surface area contributed by atoms with Gasteiger partial charge in [0.25, 0.3) is 0 Å². The van der Waals surface area contributed by atoms with Crippen LogP contribution in [0.5, 0.6) is 34.5 Å². The molecule has 4 N–H and O–H groups in total. The fourth-order valence-electron chi connectivity index (χ4n) is 4.27. The molecule has 0 spiro atoms. The molecule has 0 amide bonds. The molecule has 0 fully saturated rings. The van der Waals surface area contributed by atoms with Crippen LogP contribution in [0.1, 0.15) is 45.7 Å². The molecule has 0 radical (unpaired) electrons. The van der Waals surface area contributed by atoms with Gasteiger partial charge in [0, 0.05) is 30.0 Å². The van der Waals surface area contributed by atoms with E-state index in [9.17, 15) is 9.59 Å². The largest absolute Gasteiger partial charge is 0.496 e. The van der Waals surface area contributed by atoms with Gasteiger partial charge < -0.3 is 34.2 Å². The van der Waals surface area contributed by atoms with Gasteiger partial charge in [0.1, 0.15) is 45.6 Å². The Bertz CT molecular complexity index is 1670. The van der Waals surface area contributed by atoms with Crippen molar-refractivity contribution in [1.29, 1.82) is 0 Å². The van der Waals surface area contributed by atoms with E-state index in [1.165, 1.54) is 45.6 Å². The number of nitrogens with one attached hydrogen (secondary N) is 1. The lowest BCUT2D eigenvalue weighted by atomic mass is 10.1. The SMILES string of the molecule is COc1cc(OC(=O)c2ccc(N)cc2OC(C)C)ccc1C(=O)Oc1cc(OC)c(/C=C/c2ccc(NO)cc2)c(OC)c1. The van der Waals surface area contributed by atoms with Gasteiger partial charge in [0.05, 0.1) is 38.7 Å². The van der Waals surface area contributed by atoms with E-state index < -0.39 is 11.9 Å². The summed E-state index contributed by atoms with van der Waals surface area (Å²) < 4.78 is 33.5. The molecular weight excluding hydrogens is 580 g/mol. The van der Waals surface area contributed by atoms with Crippen LogP contribution in [0.3, 0.4) is 0 Å². The first-order valence-corrected chi connectivity index (χ1v) is 13.8. The van der Waals surface area contributed by atoms with Crippen molar-refractivity contribution in [3.8, 4) is 34.5 Å². The summed E-state index contributed by atoms with van der Waals surface area (Å²) in [7, 11) is 4.36. The van der Waals surface area contributed by atoms with Gasteiger partial charge in [-0.1, -0.05) is 18.2 Å². The summed E-state index contributed by atoms with van der Waals surface area (Å²) in [4.78, 5) is 26.2. The fraction of sp³-hybridized carbons (Fsp3) is 0.176. The van der Waals surface area contributed by atoms with E-state index >= 15 is 0 Å². The monoisotopic (exact) mass is 614 g/mol. The van der Waals surface area contributed by atoms with Gasteiger partial charge in [-0.15, -0.1) is 0 Å². The number of hydrogen-bond donors (Lipinski definition) is 3. The topological polar surface area (TPSA) is 148 Å². The second-order valence-corrected chi connectivity index (χ2v) is 9.87. The summed E-state index contributed by atoms with van der Waals surface area (Å²) in [5, 5.41) is 9.01. The number of nitrogen functional groups attached to an aromatic ring is 1. The smallest absolute Gasteiger partial charge is 0.347 e. The third-order valence-electron chi connectivity index (χ3n) is 6.40. The Kier molecular flexibility index (Phi) is 10.5. The molecule has 0 aliphatic rings. The van der Waals surface area contributed by atoms with Gasteiger partial charge in [-0.05, 0) is 61.9 Å². The van der Waals surface area contributed by atoms with Gasteiger partial charge in [-0.2, -0.15) is 0 Å². The maximum atomic E-state index is 13.2. The minimum atomic E-state index is -0.721. The zero-order valence-corrected chi connectivity index (χ0v) is 25.5. The van der Waals surface area contributed by atoms with Crippen LogP contribution in [0, 0.1) is 0 Å². The zero-order chi connectivity index (χ0) is 32.5. The molecule has 0 saturated heterocycles. The lowest BCUT2D eigenvalue weighted by Crippen LogP contribution is -2.15. The number of rotatable bonds is 12. The highest BCUT2D eigenvalue weighted by molar-refractivity contribution is 5.96. The van der Waals surface area contributed by atoms with E-state index in [2.05, 4.69) is 5.48 Å². The molecule has 11 nitrogen and oxygen atoms in total. The predicted octanol–water partition coefficient (Wildman–Crippen LogP) is 6.49. The van der Waals surface area contributed by atoms with Crippen molar-refractivity contribution in [2.45, 2.75) is 20.0 Å². The molecular formula is C34H34N2O9. The summed E-state index contributed by atoms with van der Waals surface area (Å²) >= 11 is 0. The Labute approximate surface area is 260 Å². The lowest BCUT2D eigenvalue weighted by molar-refractivity contribution is 0.0725. The van der Waals surface area contributed by atoms with Gasteiger partial charge in [-0.25, -0.2) is 9.59 Å². The molecule has 0 aromatic heterocycles. The van der Waals surface area contributed by atoms with E-state index in [-0.39, 0.29) is 34.5 Å². The van der Waals surface area contributed by atoms with Crippen LogP contribution < -0.4 is 39.6 Å². The maximum absolute atomic E-state index is 13.2. The fourth-order valence-corrected chi connectivity index (χ4v) is 4.27. The van der Waals surface area contributed by atoms with Gasteiger partial charge >= 0.3 is 11.9 Å². The minimum Gasteiger partial charge on any atom is -0.496 e. The molecule has 0 aliphatic carbocycles. The molecule has 0 atom stereocenters. The van der Waals surface area contributed by atoms with Crippen LogP contribution in [0.15, 0.2) is 72.8 Å². The third kappa shape index (κ3) is 8.03. The van der Waals surface area contributed by atoms with Crippen LogP contribution in [0.4, 0.5) is 11.4 Å². The van der Waals surface area contributed by atoms with Crippen molar-refractivity contribution in [2.75, 3.05) is 32.5 Å². The summed E-state index contributed by atoms with van der Waals surface area (Å²) in [6, 6.07) is 19.2. The van der Waals surface area contributed by atoms with Crippen LogP contribution in [0.2, 0.25) is 0 Å². The van der Waals surface area contributed by atoms with E-state index in [1.54, 1.807) is 42.5 Å². The molecule has 0 heterocycles. The van der Waals surface area contributed by atoms with Crippen LogP contribution in [0.25, 0.3) is 12.2 Å². The molecule has 0 bridgehead atoms. The van der Waals surface area contributed by atoms with Crippen molar-refractivity contribution in [1.82, 2.24) is 0 Å². The normalized spacial score (nSPS) is 10.8. The summed E-state index contributed by atoms with van der Waals surface area (Å²) in [6.45, 7) is 3.66. The number of hydrogen-bond acceptors (Lipinski definition) is 11. The number of methoxy groups -OCH3 is 3. The molecule has 11 heteroatoms. The summed E-state index contributed by atoms with van der Waals surface area (Å²) in [5.74, 6) is 0.145. The first-order chi connectivity index (χ1) is 21.6. The number of benzene rings is 4. The first-order valence-electron chi connectivity index (χ1n) is 13.8. The van der Waals surface area contributed by atoms with Crippen molar-refractivity contribution < 1.29 is 43.2 Å². The Morgan fingerprint density at radius 1 is 0.711 bits per heavy atom. The van der Waals surface area contributed by atoms with Crippen LogP contribution in [-0.2, 0) is 0 Å². The van der Waals surface area contributed by atoms with Crippen molar-refractivity contribution in [3.63, 3.8) is 0 Å². The van der Waals surface area contributed by atoms with Crippen LogP contribution in [-0.4, -0.2) is 44.6 Å². The summed E-state index contributed by atoms with van der Waals surface area (Å²) in [6.07, 6.45) is 3.46. The number of esters is 2. The molecule has 4 aromatic carbocycles. The predicted molar refractivity (Wildman–Crippen MR) is 170 cm³/mol. The highest BCUT2D eigenvalue weighted by atomic mass is 16.5. The van der Waals surface area contributed by atoms with Crippen molar-refractivity contribution in [2.24, 2.45) is 0 Å². The zero-order valence-electron chi connectivity index (χ0n) is 25.5. The third-order valence-corrected chi connectivity index (χ3v) is 6.40. The maximum Gasteiger partial charge on any atom is 0.347 e. The summed E-state index contributed by atoms with van der Waals surface area (Å²) in [5.41, 5.74) is 10.7. The highest BCUT2D eigenvalue weighted by Crippen LogP contribution is 2.37. The average Bonchev–Trinajstić information content (AvgIpc) is 3.03. The average molecular weight is 615 g/mol. The van der Waals surface area contributed by atoms with E-state index in [4.69, 9.17) is 39.4 Å². The Balaban J connectivity index is 1.54. The van der Waals surface area contributed by atoms with Gasteiger partial charge in [0.15, 0.2) is 0 Å². The number of ether oxygens (including phenoxy) is 6. The molecule has 4 aromatic rings. The molecule has 4 rings (SSSR count). The van der Waals surface area contributed by atoms with Gasteiger partial charge in [-0.3, -0.25) is 10.7 Å². The van der Waals surface area contributed by atoms with Crippen molar-refractivity contribution >= 4 is 35.5 Å². The molecule has 0 saturated carbocycles. The Hall–Kier alpha value is -5.68. The first kappa shape index (κ1) is 32.2. The number of carbonyl (C=O) groups is 2. The highest BCUT2D eigenvalue weighted by Gasteiger charge is 2.21. The van der Waals surface area contributed by atoms with Crippen LogP contribution >= 0.6 is 0 Å². The standard InChI is InChI=1S/C34H34N2O9/c1-20(2)43-32-16-22(35)9-14-28(32)34(38)44-24-12-15-27(31(17-24)42-5)33(37)45-25-18-29(40-3)26(30(19-25)41-4)13-8-21-6-10-23(36-39)11-7-21/h6-20,36,39H,35H2,1-5H3/b13-8+.